The molecular formula is C37H42F3N5O6. The Kier molecular flexibility index (Phi) is 11.6. The van der Waals surface area contributed by atoms with E-state index in [9.17, 15) is 33.0 Å². The number of nitrogens with zero attached hydrogens (tertiary/aromatic N) is 3. The van der Waals surface area contributed by atoms with Crippen LogP contribution in [0.5, 0.6) is 11.5 Å². The van der Waals surface area contributed by atoms with E-state index in [1.165, 1.54) is 0 Å². The highest BCUT2D eigenvalue weighted by atomic mass is 19.4. The molecule has 6 rings (SSSR count). The lowest BCUT2D eigenvalue weighted by atomic mass is 9.91. The molecule has 4 heterocycles. The van der Waals surface area contributed by atoms with E-state index in [-0.39, 0.29) is 38.6 Å². The van der Waals surface area contributed by atoms with Crippen molar-refractivity contribution >= 4 is 17.9 Å². The molecule has 0 saturated carbocycles. The van der Waals surface area contributed by atoms with Gasteiger partial charge in [-0.05, 0) is 42.7 Å². The highest BCUT2D eigenvalue weighted by Gasteiger charge is 2.38. The lowest BCUT2D eigenvalue weighted by Gasteiger charge is -2.42. The van der Waals surface area contributed by atoms with Crippen LogP contribution in [0.2, 0.25) is 0 Å². The average molecular weight is 710 g/mol. The zero-order valence-corrected chi connectivity index (χ0v) is 27.9. The molecule has 1 saturated heterocycles. The third-order valence-corrected chi connectivity index (χ3v) is 9.39. The average Bonchev–Trinajstić information content (AvgIpc) is 3.12. The van der Waals surface area contributed by atoms with Gasteiger partial charge in [-0.1, -0.05) is 48.5 Å². The van der Waals surface area contributed by atoms with Crippen LogP contribution < -0.4 is 20.1 Å². The van der Waals surface area contributed by atoms with Gasteiger partial charge in [0.25, 0.3) is 0 Å². The van der Waals surface area contributed by atoms with Crippen LogP contribution in [0.3, 0.4) is 0 Å². The van der Waals surface area contributed by atoms with Crippen LogP contribution in [-0.2, 0) is 16.0 Å². The molecule has 1 fully saturated rings. The number of pyridine rings is 1. The molecule has 272 valence electrons. The first-order chi connectivity index (χ1) is 24.5. The van der Waals surface area contributed by atoms with E-state index in [0.717, 1.165) is 16.9 Å². The molecule has 3 aromatic rings. The number of carbonyl (C=O) groups excluding carboxylic acids is 2. The second-order valence-corrected chi connectivity index (χ2v) is 13.2. The van der Waals surface area contributed by atoms with Gasteiger partial charge in [0, 0.05) is 62.2 Å². The summed E-state index contributed by atoms with van der Waals surface area (Å²) in [6.07, 6.45) is 0.331. The van der Waals surface area contributed by atoms with Gasteiger partial charge in [-0.25, -0.2) is 0 Å². The highest BCUT2D eigenvalue weighted by molar-refractivity contribution is 5.82. The summed E-state index contributed by atoms with van der Waals surface area (Å²) in [6, 6.07) is 16.5. The number of hydrogen-bond donors (Lipinski definition) is 4. The Balaban J connectivity index is 1.14. The molecule has 6 atom stereocenters. The molecule has 14 heteroatoms. The van der Waals surface area contributed by atoms with Crippen LogP contribution in [0.1, 0.15) is 29.2 Å². The molecule has 1 aromatic heterocycles. The van der Waals surface area contributed by atoms with Gasteiger partial charge < -0.3 is 30.3 Å². The monoisotopic (exact) mass is 709 g/mol. The molecule has 11 nitrogen and oxygen atoms in total. The number of ether oxygens (including phenoxy) is 2. The van der Waals surface area contributed by atoms with Gasteiger partial charge in [-0.3, -0.25) is 24.4 Å². The van der Waals surface area contributed by atoms with Gasteiger partial charge in [0.2, 0.25) is 11.8 Å². The summed E-state index contributed by atoms with van der Waals surface area (Å²) in [5.41, 5.74) is 2.34. The van der Waals surface area contributed by atoms with Gasteiger partial charge in [0.1, 0.15) is 42.9 Å². The Bertz CT molecular complexity index is 1680. The third-order valence-electron chi connectivity index (χ3n) is 9.39. The fourth-order valence-electron chi connectivity index (χ4n) is 6.86. The number of rotatable bonds is 12. The van der Waals surface area contributed by atoms with Gasteiger partial charge in [-0.2, -0.15) is 13.2 Å². The van der Waals surface area contributed by atoms with Crippen LogP contribution in [0.25, 0.3) is 6.08 Å². The van der Waals surface area contributed by atoms with Crippen LogP contribution in [0.15, 0.2) is 79.1 Å². The minimum absolute atomic E-state index is 0.00191. The van der Waals surface area contributed by atoms with Crippen molar-refractivity contribution in [1.82, 2.24) is 25.4 Å². The molecule has 51 heavy (non-hydrogen) atoms. The number of amides is 2. The minimum Gasteiger partial charge on any atom is -0.490 e. The van der Waals surface area contributed by atoms with Crippen molar-refractivity contribution in [1.29, 1.82) is 0 Å². The van der Waals surface area contributed by atoms with Crippen molar-refractivity contribution in [3.8, 4) is 11.5 Å². The Morgan fingerprint density at radius 2 is 1.82 bits per heavy atom. The summed E-state index contributed by atoms with van der Waals surface area (Å²) in [5.74, 6) is -0.673. The second kappa shape index (κ2) is 16.2. The number of benzene rings is 2. The largest absolute Gasteiger partial charge is 0.490 e. The first-order valence-corrected chi connectivity index (χ1v) is 17.0. The highest BCUT2D eigenvalue weighted by Crippen LogP contribution is 2.33. The molecule has 0 bridgehead atoms. The quantitative estimate of drug-likeness (QED) is 0.224. The standard InChI is InChI=1S/C37H42F3N5O6/c38-37(39,40)23-42-36(49)30-21-44(20-28-12-11-25-7-1-3-9-32(25)51-28)14-15-45(30)19-27(46)17-26(16-24-6-5-13-41-18-24)35(48)43-34-29-8-2-4-10-33(29)50-22-31(34)47/h1-13,18,26-28,30-31,34,46-47H,14-17,19-23H2,(H,42,49)(H,43,48)/t26-,27+,28?,30+,31-,34+/m1/s1. The second-order valence-electron chi connectivity index (χ2n) is 13.2. The number of piperazine rings is 1. The van der Waals surface area contributed by atoms with Crippen molar-refractivity contribution in [3.63, 3.8) is 0 Å². The maximum absolute atomic E-state index is 13.9. The molecule has 4 N–H and O–H groups in total. The van der Waals surface area contributed by atoms with E-state index in [0.29, 0.717) is 30.9 Å². The molecule has 3 aliphatic heterocycles. The van der Waals surface area contributed by atoms with Gasteiger partial charge in [-0.15, -0.1) is 0 Å². The number of β-amino-alcohol motifs (C(OH)–C–C–N with tert-alkyl or cyclic N) is 1. The smallest absolute Gasteiger partial charge is 0.405 e. The van der Waals surface area contributed by atoms with Crippen molar-refractivity contribution < 1.29 is 42.4 Å². The Morgan fingerprint density at radius 3 is 2.61 bits per heavy atom. The summed E-state index contributed by atoms with van der Waals surface area (Å²) in [6.45, 7) is -0.225. The number of hydrogen-bond acceptors (Lipinski definition) is 9. The summed E-state index contributed by atoms with van der Waals surface area (Å²) in [7, 11) is 0. The molecule has 2 aromatic carbocycles. The summed E-state index contributed by atoms with van der Waals surface area (Å²) in [4.78, 5) is 34.9. The number of alkyl halides is 3. The summed E-state index contributed by atoms with van der Waals surface area (Å²) < 4.78 is 51.0. The minimum atomic E-state index is -4.59. The number of fused-ring (bicyclic) bond motifs is 2. The number of para-hydroxylation sites is 2. The Hall–Kier alpha value is -4.50. The maximum Gasteiger partial charge on any atom is 0.405 e. The fourth-order valence-corrected chi connectivity index (χ4v) is 6.86. The van der Waals surface area contributed by atoms with E-state index >= 15 is 0 Å². The normalized spacial score (nSPS) is 23.2. The molecule has 2 amide bonds. The van der Waals surface area contributed by atoms with Crippen molar-refractivity contribution in [2.24, 2.45) is 5.92 Å². The van der Waals surface area contributed by atoms with E-state index in [4.69, 9.17) is 9.47 Å². The molecule has 0 radical (unpaired) electrons. The molecule has 0 spiro atoms. The summed E-state index contributed by atoms with van der Waals surface area (Å²) in [5, 5.41) is 27.2. The first-order valence-electron chi connectivity index (χ1n) is 17.0. The number of carbonyl (C=O) groups is 2. The Morgan fingerprint density at radius 1 is 1.04 bits per heavy atom. The van der Waals surface area contributed by atoms with Crippen LogP contribution in [0.4, 0.5) is 13.2 Å². The predicted octanol–water partition coefficient (Wildman–Crippen LogP) is 2.74. The van der Waals surface area contributed by atoms with Gasteiger partial charge in [0.15, 0.2) is 0 Å². The molecule has 3 aliphatic rings. The van der Waals surface area contributed by atoms with Gasteiger partial charge >= 0.3 is 6.18 Å². The van der Waals surface area contributed by atoms with E-state index in [1.807, 2.05) is 52.7 Å². The Labute approximate surface area is 294 Å². The SMILES string of the molecule is O=C(N[C@H]1c2ccccc2OC[C@H]1O)[C@H](Cc1cccnc1)C[C@H](O)CN1CCN(CC2C=Cc3ccccc3O2)C[C@H]1C(=O)NCC(F)(F)F. The number of aliphatic hydroxyl groups excluding tert-OH is 2. The zero-order chi connectivity index (χ0) is 36.0. The topological polar surface area (TPSA) is 136 Å². The molecule has 1 unspecified atom stereocenters. The van der Waals surface area contributed by atoms with E-state index in [1.54, 1.807) is 47.6 Å². The van der Waals surface area contributed by atoms with E-state index < -0.39 is 54.7 Å². The number of halogens is 3. The lowest BCUT2D eigenvalue weighted by molar-refractivity contribution is -0.143. The lowest BCUT2D eigenvalue weighted by Crippen LogP contribution is -2.61. The van der Waals surface area contributed by atoms with Crippen LogP contribution >= 0.6 is 0 Å². The van der Waals surface area contributed by atoms with Crippen molar-refractivity contribution in [2.45, 2.75) is 49.4 Å². The van der Waals surface area contributed by atoms with Crippen molar-refractivity contribution in [3.05, 3.63) is 95.8 Å². The van der Waals surface area contributed by atoms with E-state index in [2.05, 4.69) is 10.3 Å². The fraction of sp³-hybridized carbons (Fsp3) is 0.432. The van der Waals surface area contributed by atoms with Crippen LogP contribution in [-0.4, -0.2) is 113 Å². The molecular weight excluding hydrogens is 667 g/mol. The number of aromatic nitrogens is 1. The maximum atomic E-state index is 13.9. The van der Waals surface area contributed by atoms with Crippen molar-refractivity contribution in [2.75, 3.05) is 45.9 Å². The number of aliphatic hydroxyl groups is 2. The first kappa shape index (κ1) is 36.3. The van der Waals surface area contributed by atoms with Gasteiger partial charge in [0.05, 0.1) is 12.1 Å². The zero-order valence-electron chi connectivity index (χ0n) is 27.9. The molecule has 0 aliphatic carbocycles. The third kappa shape index (κ3) is 9.64. The van der Waals surface area contributed by atoms with Crippen LogP contribution in [0, 0.1) is 5.92 Å². The predicted molar refractivity (Wildman–Crippen MR) is 182 cm³/mol. The summed E-state index contributed by atoms with van der Waals surface area (Å²) >= 11 is 0. The number of nitrogens with one attached hydrogen (secondary N) is 2.